The Balaban J connectivity index is 1.91. The molecule has 2 aromatic rings. The van der Waals surface area contributed by atoms with Gasteiger partial charge in [0.2, 0.25) is 0 Å². The molecule has 1 amide bonds. The van der Waals surface area contributed by atoms with Crippen LogP contribution in [0.25, 0.3) is 0 Å². The summed E-state index contributed by atoms with van der Waals surface area (Å²) < 4.78 is 23.7. The number of sulfone groups is 1. The minimum Gasteiger partial charge on any atom is -0.330 e. The monoisotopic (exact) mass is 363 g/mol. The van der Waals surface area contributed by atoms with Crippen LogP contribution in [0.1, 0.15) is 22.3 Å². The first kappa shape index (κ1) is 17.0. The summed E-state index contributed by atoms with van der Waals surface area (Å²) in [7, 11) is -3.08. The van der Waals surface area contributed by atoms with Crippen molar-refractivity contribution < 1.29 is 13.2 Å². The molecule has 2 aromatic carbocycles. The number of carbonyl (C=O) groups excluding carboxylic acids is 1. The highest BCUT2D eigenvalue weighted by Gasteiger charge is 2.35. The molecule has 1 atom stereocenters. The molecule has 0 saturated carbocycles. The van der Waals surface area contributed by atoms with Gasteiger partial charge in [0.1, 0.15) is 0 Å². The van der Waals surface area contributed by atoms with Crippen molar-refractivity contribution >= 4 is 27.3 Å². The first-order valence-corrected chi connectivity index (χ1v) is 9.95. The zero-order valence-corrected chi connectivity index (χ0v) is 14.6. The molecule has 0 N–H and O–H groups in total. The van der Waals surface area contributed by atoms with Gasteiger partial charge in [-0.05, 0) is 30.2 Å². The van der Waals surface area contributed by atoms with Gasteiger partial charge in [-0.15, -0.1) is 0 Å². The first-order chi connectivity index (χ1) is 11.4. The summed E-state index contributed by atoms with van der Waals surface area (Å²) in [6.45, 7) is 0.381. The Kier molecular flexibility index (Phi) is 4.92. The molecule has 0 aromatic heterocycles. The second-order valence-electron chi connectivity index (χ2n) is 5.99. The molecule has 0 bridgehead atoms. The lowest BCUT2D eigenvalue weighted by Crippen LogP contribution is -2.40. The third-order valence-electron chi connectivity index (χ3n) is 4.18. The van der Waals surface area contributed by atoms with E-state index in [1.165, 1.54) is 0 Å². The standard InChI is InChI=1S/C18H18ClNO3S/c19-16-8-4-7-15(11-16)18(21)20(12-14-5-2-1-3-6-14)17-9-10-24(22,23)13-17/h1-8,11,17H,9-10,12-13H2/t17-/m1/s1. The van der Waals surface area contributed by atoms with Crippen molar-refractivity contribution in [1.82, 2.24) is 4.90 Å². The first-order valence-electron chi connectivity index (χ1n) is 7.75. The number of amides is 1. The van der Waals surface area contributed by atoms with Gasteiger partial charge in [0.05, 0.1) is 11.5 Å². The molecule has 6 heteroatoms. The summed E-state index contributed by atoms with van der Waals surface area (Å²) in [5, 5.41) is 0.486. The van der Waals surface area contributed by atoms with Crippen LogP contribution in [-0.2, 0) is 16.4 Å². The minimum atomic E-state index is -3.08. The fraction of sp³-hybridized carbons (Fsp3) is 0.278. The van der Waals surface area contributed by atoms with Crippen molar-refractivity contribution in [1.29, 1.82) is 0 Å². The average Bonchev–Trinajstić information content (AvgIpc) is 2.93. The maximum absolute atomic E-state index is 13.0. The van der Waals surface area contributed by atoms with Crippen LogP contribution in [0.2, 0.25) is 5.02 Å². The van der Waals surface area contributed by atoms with Gasteiger partial charge in [-0.3, -0.25) is 4.79 Å². The average molecular weight is 364 g/mol. The highest BCUT2D eigenvalue weighted by atomic mass is 35.5. The summed E-state index contributed by atoms with van der Waals surface area (Å²) in [6.07, 6.45) is 0.474. The molecule has 4 nitrogen and oxygen atoms in total. The Morgan fingerprint density at radius 3 is 2.50 bits per heavy atom. The molecule has 126 valence electrons. The van der Waals surface area contributed by atoms with E-state index in [2.05, 4.69) is 0 Å². The van der Waals surface area contributed by atoms with Gasteiger partial charge in [0, 0.05) is 23.2 Å². The molecule has 0 unspecified atom stereocenters. The van der Waals surface area contributed by atoms with Crippen molar-refractivity contribution in [2.75, 3.05) is 11.5 Å². The largest absolute Gasteiger partial charge is 0.330 e. The zero-order valence-electron chi connectivity index (χ0n) is 13.1. The van der Waals surface area contributed by atoms with E-state index in [9.17, 15) is 13.2 Å². The van der Waals surface area contributed by atoms with E-state index in [-0.39, 0.29) is 23.5 Å². The van der Waals surface area contributed by atoms with Gasteiger partial charge >= 0.3 is 0 Å². The van der Waals surface area contributed by atoms with E-state index >= 15 is 0 Å². The predicted molar refractivity (Wildman–Crippen MR) is 94.8 cm³/mol. The molecule has 0 aliphatic carbocycles. The Morgan fingerprint density at radius 1 is 1.12 bits per heavy atom. The summed E-state index contributed by atoms with van der Waals surface area (Å²) in [5.41, 5.74) is 1.44. The third-order valence-corrected chi connectivity index (χ3v) is 6.16. The minimum absolute atomic E-state index is 0.0200. The van der Waals surface area contributed by atoms with Gasteiger partial charge in [-0.1, -0.05) is 48.0 Å². The van der Waals surface area contributed by atoms with Crippen molar-refractivity contribution in [2.24, 2.45) is 0 Å². The molecule has 3 rings (SSSR count). The van der Waals surface area contributed by atoms with Gasteiger partial charge in [-0.25, -0.2) is 8.42 Å². The zero-order chi connectivity index (χ0) is 17.2. The highest BCUT2D eigenvalue weighted by molar-refractivity contribution is 7.91. The molecule has 1 aliphatic heterocycles. The maximum atomic E-state index is 13.0. The summed E-state index contributed by atoms with van der Waals surface area (Å²) in [6, 6.07) is 16.0. The van der Waals surface area contributed by atoms with Gasteiger partial charge < -0.3 is 4.90 Å². The number of hydrogen-bond donors (Lipinski definition) is 0. The molecule has 0 radical (unpaired) electrons. The van der Waals surface area contributed by atoms with Crippen molar-refractivity contribution in [2.45, 2.75) is 19.0 Å². The van der Waals surface area contributed by atoms with E-state index in [1.54, 1.807) is 29.2 Å². The summed E-state index contributed by atoms with van der Waals surface area (Å²) in [5.74, 6) is -0.0405. The summed E-state index contributed by atoms with van der Waals surface area (Å²) in [4.78, 5) is 14.6. The topological polar surface area (TPSA) is 54.5 Å². The lowest BCUT2D eigenvalue weighted by Gasteiger charge is -2.28. The van der Waals surface area contributed by atoms with E-state index in [4.69, 9.17) is 11.6 Å². The van der Waals surface area contributed by atoms with Crippen LogP contribution in [0.5, 0.6) is 0 Å². The second-order valence-corrected chi connectivity index (χ2v) is 8.65. The lowest BCUT2D eigenvalue weighted by atomic mass is 10.1. The molecule has 0 spiro atoms. The fourth-order valence-electron chi connectivity index (χ4n) is 2.96. The number of halogens is 1. The van der Waals surface area contributed by atoms with E-state index in [1.807, 2.05) is 30.3 Å². The summed E-state index contributed by atoms with van der Waals surface area (Å²) >= 11 is 5.99. The number of nitrogens with zero attached hydrogens (tertiary/aromatic N) is 1. The van der Waals surface area contributed by atoms with Crippen molar-refractivity contribution in [3.8, 4) is 0 Å². The van der Waals surface area contributed by atoms with E-state index in [0.29, 0.717) is 23.6 Å². The van der Waals surface area contributed by atoms with Gasteiger partial charge in [0.15, 0.2) is 9.84 Å². The second kappa shape index (κ2) is 6.95. The Morgan fingerprint density at radius 2 is 1.88 bits per heavy atom. The Hall–Kier alpha value is -1.85. The smallest absolute Gasteiger partial charge is 0.254 e. The van der Waals surface area contributed by atoms with Gasteiger partial charge in [-0.2, -0.15) is 0 Å². The molecule has 1 heterocycles. The van der Waals surface area contributed by atoms with E-state index in [0.717, 1.165) is 5.56 Å². The van der Waals surface area contributed by atoms with Crippen LogP contribution in [0.15, 0.2) is 54.6 Å². The normalized spacial score (nSPS) is 19.1. The lowest BCUT2D eigenvalue weighted by molar-refractivity contribution is 0.0681. The molecule has 24 heavy (non-hydrogen) atoms. The molecule has 1 fully saturated rings. The Labute approximate surface area is 147 Å². The Bertz CT molecular complexity index is 836. The van der Waals surface area contributed by atoms with Crippen LogP contribution < -0.4 is 0 Å². The molecule has 1 saturated heterocycles. The van der Waals surface area contributed by atoms with Crippen LogP contribution >= 0.6 is 11.6 Å². The van der Waals surface area contributed by atoms with Crippen LogP contribution in [0.3, 0.4) is 0 Å². The highest BCUT2D eigenvalue weighted by Crippen LogP contribution is 2.23. The number of benzene rings is 2. The molecule has 1 aliphatic rings. The van der Waals surface area contributed by atoms with Gasteiger partial charge in [0.25, 0.3) is 5.91 Å². The van der Waals surface area contributed by atoms with Crippen LogP contribution in [-0.4, -0.2) is 36.8 Å². The molecular formula is C18H18ClNO3S. The van der Waals surface area contributed by atoms with Crippen molar-refractivity contribution in [3.05, 3.63) is 70.7 Å². The van der Waals surface area contributed by atoms with Crippen molar-refractivity contribution in [3.63, 3.8) is 0 Å². The number of hydrogen-bond acceptors (Lipinski definition) is 3. The van der Waals surface area contributed by atoms with Crippen LogP contribution in [0, 0.1) is 0 Å². The predicted octanol–water partition coefficient (Wildman–Crippen LogP) is 3.17. The quantitative estimate of drug-likeness (QED) is 0.838. The molecular weight excluding hydrogens is 346 g/mol. The SMILES string of the molecule is O=C(c1cccc(Cl)c1)N(Cc1ccccc1)[C@@H]1CCS(=O)(=O)C1. The third kappa shape index (κ3) is 3.97. The number of carbonyl (C=O) groups is 1. The van der Waals surface area contributed by atoms with Crippen LogP contribution in [0.4, 0.5) is 0 Å². The number of rotatable bonds is 4. The maximum Gasteiger partial charge on any atom is 0.254 e. The fourth-order valence-corrected chi connectivity index (χ4v) is 4.88. The van der Waals surface area contributed by atoms with E-state index < -0.39 is 9.84 Å².